The lowest BCUT2D eigenvalue weighted by atomic mass is 10.0. The van der Waals surface area contributed by atoms with E-state index in [1.165, 1.54) is 12.1 Å². The number of carbonyl (C=O) groups is 1. The summed E-state index contributed by atoms with van der Waals surface area (Å²) in [4.78, 5) is 12.4. The van der Waals surface area contributed by atoms with Crippen LogP contribution in [0, 0.1) is 17.1 Å². The number of ether oxygens (including phenoxy) is 1. The zero-order valence-corrected chi connectivity index (χ0v) is 14.4. The van der Waals surface area contributed by atoms with Crippen LogP contribution < -0.4 is 4.74 Å². The van der Waals surface area contributed by atoms with Gasteiger partial charge in [-0.2, -0.15) is 5.26 Å². The Kier molecular flexibility index (Phi) is 5.76. The molecule has 0 saturated carbocycles. The highest BCUT2D eigenvalue weighted by Gasteiger charge is 2.11. The molecule has 0 spiro atoms. The van der Waals surface area contributed by atoms with E-state index < -0.39 is 0 Å². The van der Waals surface area contributed by atoms with E-state index in [1.54, 1.807) is 66.7 Å². The smallest absolute Gasteiger partial charge is 0.203 e. The summed E-state index contributed by atoms with van der Waals surface area (Å²) in [5, 5.41) is 9.31. The van der Waals surface area contributed by atoms with E-state index in [-0.39, 0.29) is 23.8 Å². The van der Waals surface area contributed by atoms with E-state index in [1.807, 2.05) is 12.1 Å². The standard InChI is InChI=1S/C23H16FNO2/c24-22-9-5-4-8-19(22)16-27-21-12-10-17(11-13-21)14-20(15-25)23(26)18-6-2-1-3-7-18/h1-14H,16H2/b20-14+. The van der Waals surface area contributed by atoms with E-state index >= 15 is 0 Å². The van der Waals surface area contributed by atoms with Gasteiger partial charge in [-0.25, -0.2) is 4.39 Å². The Balaban J connectivity index is 1.71. The fourth-order valence-corrected chi connectivity index (χ4v) is 2.50. The maximum atomic E-state index is 13.6. The number of hydrogen-bond donors (Lipinski definition) is 0. The molecular formula is C23H16FNO2. The third kappa shape index (κ3) is 4.68. The molecule has 4 heteroatoms. The van der Waals surface area contributed by atoms with Gasteiger partial charge < -0.3 is 4.74 Å². The number of ketones is 1. The predicted molar refractivity (Wildman–Crippen MR) is 102 cm³/mol. The Morgan fingerprint density at radius 3 is 2.30 bits per heavy atom. The second-order valence-electron chi connectivity index (χ2n) is 5.81. The first kappa shape index (κ1) is 18.1. The summed E-state index contributed by atoms with van der Waals surface area (Å²) in [6, 6.07) is 24.0. The number of benzene rings is 3. The Bertz CT molecular complexity index is 1000. The van der Waals surface area contributed by atoms with Crippen LogP contribution in [0.4, 0.5) is 4.39 Å². The van der Waals surface area contributed by atoms with Crippen LogP contribution >= 0.6 is 0 Å². The minimum atomic E-state index is -0.321. The van der Waals surface area contributed by atoms with Crippen LogP contribution in [0.3, 0.4) is 0 Å². The highest BCUT2D eigenvalue weighted by atomic mass is 19.1. The van der Waals surface area contributed by atoms with Crippen molar-refractivity contribution < 1.29 is 13.9 Å². The summed E-state index contributed by atoms with van der Waals surface area (Å²) in [7, 11) is 0. The minimum Gasteiger partial charge on any atom is -0.489 e. The number of nitriles is 1. The molecule has 0 unspecified atom stereocenters. The quantitative estimate of drug-likeness (QED) is 0.346. The van der Waals surface area contributed by atoms with Crippen LogP contribution in [0.5, 0.6) is 5.75 Å². The molecule has 0 fully saturated rings. The maximum absolute atomic E-state index is 13.6. The first-order valence-electron chi connectivity index (χ1n) is 8.35. The maximum Gasteiger partial charge on any atom is 0.203 e. The Morgan fingerprint density at radius 2 is 1.63 bits per heavy atom. The molecule has 3 aromatic carbocycles. The third-order valence-electron chi connectivity index (χ3n) is 3.94. The molecule has 0 amide bonds. The van der Waals surface area contributed by atoms with Crippen molar-refractivity contribution in [3.05, 3.63) is 107 Å². The number of carbonyl (C=O) groups excluding carboxylic acids is 1. The molecule has 132 valence electrons. The topological polar surface area (TPSA) is 50.1 Å². The average Bonchev–Trinajstić information content (AvgIpc) is 2.72. The molecular weight excluding hydrogens is 341 g/mol. The van der Waals surface area contributed by atoms with Gasteiger partial charge in [0.25, 0.3) is 0 Å². The minimum absolute atomic E-state index is 0.0567. The molecule has 0 atom stereocenters. The van der Waals surface area contributed by atoms with E-state index in [0.29, 0.717) is 22.4 Å². The van der Waals surface area contributed by atoms with Gasteiger partial charge in [0.2, 0.25) is 5.78 Å². The van der Waals surface area contributed by atoms with Crippen LogP contribution in [0.25, 0.3) is 6.08 Å². The summed E-state index contributed by atoms with van der Waals surface area (Å²) in [5.41, 5.74) is 1.70. The normalized spacial score (nSPS) is 10.9. The first-order valence-corrected chi connectivity index (χ1v) is 8.35. The van der Waals surface area contributed by atoms with Crippen molar-refractivity contribution in [2.75, 3.05) is 0 Å². The first-order chi connectivity index (χ1) is 13.2. The molecule has 0 aliphatic rings. The van der Waals surface area contributed by atoms with Gasteiger partial charge in [0.15, 0.2) is 0 Å². The van der Waals surface area contributed by atoms with Crippen LogP contribution in [0.15, 0.2) is 84.4 Å². The van der Waals surface area contributed by atoms with Crippen LogP contribution in [-0.2, 0) is 6.61 Å². The molecule has 0 aliphatic carbocycles. The number of hydrogen-bond acceptors (Lipinski definition) is 3. The van der Waals surface area contributed by atoms with E-state index in [0.717, 1.165) is 0 Å². The summed E-state index contributed by atoms with van der Waals surface area (Å²) in [6.07, 6.45) is 1.54. The lowest BCUT2D eigenvalue weighted by molar-refractivity contribution is 0.104. The van der Waals surface area contributed by atoms with E-state index in [4.69, 9.17) is 4.74 Å². The van der Waals surface area contributed by atoms with Crippen molar-refractivity contribution in [3.63, 3.8) is 0 Å². The highest BCUT2D eigenvalue weighted by molar-refractivity contribution is 6.14. The van der Waals surface area contributed by atoms with Crippen molar-refractivity contribution in [1.82, 2.24) is 0 Å². The summed E-state index contributed by atoms with van der Waals surface area (Å²) in [6.45, 7) is 0.123. The zero-order chi connectivity index (χ0) is 19.1. The molecule has 0 radical (unpaired) electrons. The van der Waals surface area contributed by atoms with E-state index in [9.17, 15) is 14.4 Å². The van der Waals surface area contributed by atoms with Crippen LogP contribution in [0.2, 0.25) is 0 Å². The second kappa shape index (κ2) is 8.59. The predicted octanol–water partition coefficient (Wildman–Crippen LogP) is 5.19. The van der Waals surface area contributed by atoms with Gasteiger partial charge >= 0.3 is 0 Å². The van der Waals surface area contributed by atoms with Crippen molar-refractivity contribution in [2.24, 2.45) is 0 Å². The summed E-state index contributed by atoms with van der Waals surface area (Å²) < 4.78 is 19.2. The van der Waals surface area contributed by atoms with Crippen LogP contribution in [-0.4, -0.2) is 5.78 Å². The van der Waals surface area contributed by atoms with Gasteiger partial charge in [0.05, 0.1) is 0 Å². The van der Waals surface area contributed by atoms with Gasteiger partial charge in [-0.1, -0.05) is 60.7 Å². The van der Waals surface area contributed by atoms with Gasteiger partial charge in [0.1, 0.15) is 29.8 Å². The zero-order valence-electron chi connectivity index (χ0n) is 14.4. The molecule has 0 N–H and O–H groups in total. The Labute approximate surface area is 157 Å². The number of Topliss-reactive ketones (excluding diaryl/α,β-unsaturated/α-hetero) is 1. The second-order valence-corrected chi connectivity index (χ2v) is 5.81. The summed E-state index contributed by atoms with van der Waals surface area (Å²) in [5.74, 6) is -0.0589. The monoisotopic (exact) mass is 357 g/mol. The fraction of sp³-hybridized carbons (Fsp3) is 0.0435. The molecule has 3 aromatic rings. The van der Waals surface area contributed by atoms with Crippen molar-refractivity contribution >= 4 is 11.9 Å². The molecule has 0 heterocycles. The molecule has 0 saturated heterocycles. The Hall–Kier alpha value is -3.71. The van der Waals surface area contributed by atoms with Gasteiger partial charge in [-0.15, -0.1) is 0 Å². The van der Waals surface area contributed by atoms with Gasteiger partial charge in [-0.05, 0) is 29.8 Å². The van der Waals surface area contributed by atoms with Crippen molar-refractivity contribution in [1.29, 1.82) is 5.26 Å². The lowest BCUT2D eigenvalue weighted by Crippen LogP contribution is -2.01. The number of nitrogens with zero attached hydrogens (tertiary/aromatic N) is 1. The lowest BCUT2D eigenvalue weighted by Gasteiger charge is -2.07. The largest absolute Gasteiger partial charge is 0.489 e. The molecule has 3 nitrogen and oxygen atoms in total. The Morgan fingerprint density at radius 1 is 0.963 bits per heavy atom. The molecule has 3 rings (SSSR count). The molecule has 27 heavy (non-hydrogen) atoms. The number of halogens is 1. The number of rotatable bonds is 6. The van der Waals surface area contributed by atoms with Gasteiger partial charge in [0, 0.05) is 11.1 Å². The fourth-order valence-electron chi connectivity index (χ4n) is 2.50. The molecule has 0 aromatic heterocycles. The molecule has 0 bridgehead atoms. The van der Waals surface area contributed by atoms with Gasteiger partial charge in [-0.3, -0.25) is 4.79 Å². The van der Waals surface area contributed by atoms with Crippen molar-refractivity contribution in [3.8, 4) is 11.8 Å². The van der Waals surface area contributed by atoms with Crippen molar-refractivity contribution in [2.45, 2.75) is 6.61 Å². The van der Waals surface area contributed by atoms with E-state index in [2.05, 4.69) is 0 Å². The number of allylic oxidation sites excluding steroid dienone is 1. The highest BCUT2D eigenvalue weighted by Crippen LogP contribution is 2.18. The summed E-state index contributed by atoms with van der Waals surface area (Å²) >= 11 is 0. The molecule has 0 aliphatic heterocycles. The SMILES string of the molecule is N#C/C(=C\c1ccc(OCc2ccccc2F)cc1)C(=O)c1ccccc1. The average molecular weight is 357 g/mol. The van der Waals surface area contributed by atoms with Crippen LogP contribution in [0.1, 0.15) is 21.5 Å². The third-order valence-corrected chi connectivity index (χ3v) is 3.94.